The molecule has 4 heteroatoms. The Morgan fingerprint density at radius 2 is 2.06 bits per heavy atom. The number of aromatic nitrogens is 1. The third kappa shape index (κ3) is 3.76. The zero-order valence-electron chi connectivity index (χ0n) is 10.8. The lowest BCUT2D eigenvalue weighted by Gasteiger charge is -2.13. The Morgan fingerprint density at radius 3 is 2.69 bits per heavy atom. The van der Waals surface area contributed by atoms with Crippen LogP contribution in [0.1, 0.15) is 37.3 Å². The van der Waals surface area contributed by atoms with Gasteiger partial charge in [-0.1, -0.05) is 13.8 Å². The number of rotatable bonds is 7. The maximum atomic E-state index is 4.61. The standard InChI is InChI=1S/C12H23N3S/c1-5-7-13-9-11-10(3)14-12(16-11)15(4)8-6-2/h13H,5-9H2,1-4H3. The van der Waals surface area contributed by atoms with E-state index >= 15 is 0 Å². The highest BCUT2D eigenvalue weighted by molar-refractivity contribution is 7.15. The first-order chi connectivity index (χ1) is 7.69. The van der Waals surface area contributed by atoms with Gasteiger partial charge < -0.3 is 10.2 Å². The first-order valence-electron chi connectivity index (χ1n) is 6.07. The van der Waals surface area contributed by atoms with Crippen LogP contribution in [0.25, 0.3) is 0 Å². The molecule has 1 rings (SSSR count). The third-order valence-electron chi connectivity index (χ3n) is 2.48. The van der Waals surface area contributed by atoms with Crippen LogP contribution >= 0.6 is 11.3 Å². The summed E-state index contributed by atoms with van der Waals surface area (Å²) in [5, 5.41) is 4.57. The van der Waals surface area contributed by atoms with Crippen LogP contribution in [0.4, 0.5) is 5.13 Å². The molecular formula is C12H23N3S. The van der Waals surface area contributed by atoms with Crippen LogP contribution in [0.15, 0.2) is 0 Å². The van der Waals surface area contributed by atoms with Crippen molar-refractivity contribution in [1.29, 1.82) is 0 Å². The van der Waals surface area contributed by atoms with E-state index in [4.69, 9.17) is 0 Å². The van der Waals surface area contributed by atoms with E-state index in [1.807, 2.05) is 11.3 Å². The van der Waals surface area contributed by atoms with Crippen LogP contribution in [0.5, 0.6) is 0 Å². The van der Waals surface area contributed by atoms with Gasteiger partial charge in [-0.3, -0.25) is 0 Å². The van der Waals surface area contributed by atoms with Gasteiger partial charge in [0.2, 0.25) is 0 Å². The molecule has 0 saturated carbocycles. The topological polar surface area (TPSA) is 28.2 Å². The fraction of sp³-hybridized carbons (Fsp3) is 0.750. The number of nitrogens with one attached hydrogen (secondary N) is 1. The highest BCUT2D eigenvalue weighted by Crippen LogP contribution is 2.25. The molecule has 0 bridgehead atoms. The molecule has 1 aromatic rings. The van der Waals surface area contributed by atoms with Crippen molar-refractivity contribution in [2.24, 2.45) is 0 Å². The van der Waals surface area contributed by atoms with Gasteiger partial charge in [-0.25, -0.2) is 4.98 Å². The molecule has 0 radical (unpaired) electrons. The predicted molar refractivity (Wildman–Crippen MR) is 72.4 cm³/mol. The smallest absolute Gasteiger partial charge is 0.185 e. The summed E-state index contributed by atoms with van der Waals surface area (Å²) in [4.78, 5) is 8.22. The van der Waals surface area contributed by atoms with E-state index in [0.717, 1.165) is 24.8 Å². The van der Waals surface area contributed by atoms with Crippen molar-refractivity contribution in [1.82, 2.24) is 10.3 Å². The monoisotopic (exact) mass is 241 g/mol. The summed E-state index contributed by atoms with van der Waals surface area (Å²) in [5.74, 6) is 0. The Morgan fingerprint density at radius 1 is 1.31 bits per heavy atom. The summed E-state index contributed by atoms with van der Waals surface area (Å²) in [6, 6.07) is 0. The molecule has 92 valence electrons. The average molecular weight is 241 g/mol. The van der Waals surface area contributed by atoms with E-state index in [9.17, 15) is 0 Å². The fourth-order valence-corrected chi connectivity index (χ4v) is 2.57. The van der Waals surface area contributed by atoms with Gasteiger partial charge >= 0.3 is 0 Å². The van der Waals surface area contributed by atoms with E-state index in [1.165, 1.54) is 23.4 Å². The highest BCUT2D eigenvalue weighted by Gasteiger charge is 2.09. The molecule has 0 unspecified atom stereocenters. The zero-order chi connectivity index (χ0) is 12.0. The van der Waals surface area contributed by atoms with E-state index in [-0.39, 0.29) is 0 Å². The van der Waals surface area contributed by atoms with Crippen LogP contribution in [-0.4, -0.2) is 25.1 Å². The molecule has 0 aliphatic rings. The number of anilines is 1. The second kappa shape index (κ2) is 6.86. The molecular weight excluding hydrogens is 218 g/mol. The molecule has 0 aliphatic carbocycles. The zero-order valence-corrected chi connectivity index (χ0v) is 11.7. The van der Waals surface area contributed by atoms with Crippen LogP contribution in [0.2, 0.25) is 0 Å². The van der Waals surface area contributed by atoms with Crippen LogP contribution in [0.3, 0.4) is 0 Å². The molecule has 0 aromatic carbocycles. The first kappa shape index (κ1) is 13.5. The number of thiazole rings is 1. The van der Waals surface area contributed by atoms with Gasteiger partial charge in [0.1, 0.15) is 0 Å². The van der Waals surface area contributed by atoms with Gasteiger partial charge in [-0.15, -0.1) is 11.3 Å². The van der Waals surface area contributed by atoms with Gasteiger partial charge in [0.25, 0.3) is 0 Å². The van der Waals surface area contributed by atoms with Crippen molar-refractivity contribution in [3.63, 3.8) is 0 Å². The summed E-state index contributed by atoms with van der Waals surface area (Å²) in [6.07, 6.45) is 2.35. The molecule has 0 fully saturated rings. The van der Waals surface area contributed by atoms with Crippen molar-refractivity contribution in [2.45, 2.75) is 40.2 Å². The predicted octanol–water partition coefficient (Wildman–Crippen LogP) is 2.80. The summed E-state index contributed by atoms with van der Waals surface area (Å²) < 4.78 is 0. The van der Waals surface area contributed by atoms with Crippen molar-refractivity contribution in [2.75, 3.05) is 25.0 Å². The van der Waals surface area contributed by atoms with Gasteiger partial charge in [-0.05, 0) is 26.3 Å². The van der Waals surface area contributed by atoms with Crippen molar-refractivity contribution in [3.8, 4) is 0 Å². The lowest BCUT2D eigenvalue weighted by molar-refractivity contribution is 0.678. The minimum atomic E-state index is 0.956. The van der Waals surface area contributed by atoms with Crippen molar-refractivity contribution < 1.29 is 0 Å². The minimum absolute atomic E-state index is 0.956. The van der Waals surface area contributed by atoms with E-state index in [1.54, 1.807) is 0 Å². The highest BCUT2D eigenvalue weighted by atomic mass is 32.1. The second-order valence-corrected chi connectivity index (χ2v) is 5.17. The number of nitrogens with zero attached hydrogens (tertiary/aromatic N) is 2. The second-order valence-electron chi connectivity index (χ2n) is 4.10. The Kier molecular flexibility index (Phi) is 5.77. The normalized spacial score (nSPS) is 10.8. The molecule has 0 aliphatic heterocycles. The number of hydrogen-bond acceptors (Lipinski definition) is 4. The lowest BCUT2D eigenvalue weighted by atomic mass is 10.4. The summed E-state index contributed by atoms with van der Waals surface area (Å²) in [5.41, 5.74) is 1.17. The van der Waals surface area contributed by atoms with Crippen molar-refractivity contribution in [3.05, 3.63) is 10.6 Å². The maximum Gasteiger partial charge on any atom is 0.185 e. The molecule has 0 spiro atoms. The molecule has 3 nitrogen and oxygen atoms in total. The third-order valence-corrected chi connectivity index (χ3v) is 3.75. The van der Waals surface area contributed by atoms with Gasteiger partial charge in [0, 0.05) is 25.0 Å². The molecule has 0 amide bonds. The number of hydrogen-bond donors (Lipinski definition) is 1. The molecule has 0 saturated heterocycles. The van der Waals surface area contributed by atoms with Crippen LogP contribution < -0.4 is 10.2 Å². The molecule has 0 atom stereocenters. The van der Waals surface area contributed by atoms with Crippen LogP contribution in [0, 0.1) is 6.92 Å². The summed E-state index contributed by atoms with van der Waals surface area (Å²) in [6.45, 7) is 9.60. The first-order valence-corrected chi connectivity index (χ1v) is 6.88. The quantitative estimate of drug-likeness (QED) is 0.744. The molecule has 1 N–H and O–H groups in total. The Labute approximate surface area is 103 Å². The van der Waals surface area contributed by atoms with Gasteiger partial charge in [0.15, 0.2) is 5.13 Å². The molecule has 16 heavy (non-hydrogen) atoms. The van der Waals surface area contributed by atoms with Crippen molar-refractivity contribution >= 4 is 16.5 Å². The Balaban J connectivity index is 2.58. The summed E-state index contributed by atoms with van der Waals surface area (Å²) in [7, 11) is 2.12. The molecule has 1 aromatic heterocycles. The Hall–Kier alpha value is -0.610. The summed E-state index contributed by atoms with van der Waals surface area (Å²) >= 11 is 1.81. The van der Waals surface area contributed by atoms with Crippen LogP contribution in [-0.2, 0) is 6.54 Å². The largest absolute Gasteiger partial charge is 0.351 e. The van der Waals surface area contributed by atoms with E-state index < -0.39 is 0 Å². The fourth-order valence-electron chi connectivity index (χ4n) is 1.55. The van der Waals surface area contributed by atoms with E-state index in [0.29, 0.717) is 0 Å². The maximum absolute atomic E-state index is 4.61. The Bertz CT molecular complexity index is 309. The SMILES string of the molecule is CCCNCc1sc(N(C)CCC)nc1C. The lowest BCUT2D eigenvalue weighted by Crippen LogP contribution is -2.17. The number of aryl methyl sites for hydroxylation is 1. The van der Waals surface area contributed by atoms with Gasteiger partial charge in [-0.2, -0.15) is 0 Å². The average Bonchev–Trinajstić information content (AvgIpc) is 2.61. The molecule has 1 heterocycles. The van der Waals surface area contributed by atoms with E-state index in [2.05, 4.69) is 43.0 Å². The van der Waals surface area contributed by atoms with Gasteiger partial charge in [0.05, 0.1) is 5.69 Å². The minimum Gasteiger partial charge on any atom is -0.351 e.